The lowest BCUT2D eigenvalue weighted by Gasteiger charge is -2.50. The summed E-state index contributed by atoms with van der Waals surface area (Å²) in [7, 11) is 2.12. The third kappa shape index (κ3) is 6.34. The number of fused-ring (bicyclic) bond motifs is 3. The topological polar surface area (TPSA) is 55.8 Å². The largest absolute Gasteiger partial charge is 0.429 e. The van der Waals surface area contributed by atoms with Gasteiger partial charge in [-0.1, -0.05) is 243 Å². The van der Waals surface area contributed by atoms with Crippen molar-refractivity contribution in [3.8, 4) is 0 Å². The normalized spacial score (nSPS) is 20.6. The number of benzene rings is 8. The Hall–Kier alpha value is -7.86. The first-order chi connectivity index (χ1) is 32.5. The molecule has 0 amide bonds. The van der Waals surface area contributed by atoms with Crippen LogP contribution in [0.5, 0.6) is 0 Å². The van der Waals surface area contributed by atoms with Crippen molar-refractivity contribution in [3.63, 3.8) is 0 Å². The summed E-state index contributed by atoms with van der Waals surface area (Å²) in [5, 5.41) is 0. The third-order valence-electron chi connectivity index (χ3n) is 14.2. The number of esters is 2. The molecule has 0 spiro atoms. The molecule has 0 saturated carbocycles. The van der Waals surface area contributed by atoms with Crippen molar-refractivity contribution in [1.29, 1.82) is 0 Å². The van der Waals surface area contributed by atoms with Gasteiger partial charge in [0.25, 0.3) is 0 Å². The van der Waals surface area contributed by atoms with Crippen LogP contribution in [0, 0.1) is 11.8 Å². The van der Waals surface area contributed by atoms with Gasteiger partial charge >= 0.3 is 11.9 Å². The Bertz CT molecular complexity index is 2910. The SMILES string of the molecule is CN1C2C(=C(c3ccccc3)c3ccccc3)OC(=O)C(c3ccccc3)(c3ccccc3)C2C2C(=C(c3ccccc3)c3ccccc3)OC(=O)C(c3ccccc3)(c3ccccc3)C21. The van der Waals surface area contributed by atoms with E-state index in [1.165, 1.54) is 0 Å². The molecule has 0 N–H and O–H groups in total. The molecule has 8 aromatic carbocycles. The van der Waals surface area contributed by atoms with Crippen molar-refractivity contribution in [1.82, 2.24) is 4.90 Å². The van der Waals surface area contributed by atoms with Gasteiger partial charge in [-0.3, -0.25) is 14.5 Å². The van der Waals surface area contributed by atoms with Crippen molar-refractivity contribution < 1.29 is 19.1 Å². The first-order valence-corrected chi connectivity index (χ1v) is 22.6. The van der Waals surface area contributed by atoms with E-state index in [4.69, 9.17) is 9.47 Å². The standard InChI is InChI=1S/C61H47NO4/c1-62-54-53(60(46-34-18-6-19-35-46,47-36-20-7-21-37-47)58(63)66-56(54)51(44-30-14-4-15-31-44)45-32-16-5-17-33-45)52-55(50(42-26-10-2-11-27-42)43-28-12-3-13-29-43)65-59(64)61(57(52)62,48-38-22-8-23-39-48)49-40-24-9-25-41-49/h2-41,52-54,57H,1H3. The zero-order chi connectivity index (χ0) is 44.7. The van der Waals surface area contributed by atoms with Gasteiger partial charge in [0, 0.05) is 29.0 Å². The van der Waals surface area contributed by atoms with E-state index in [0.717, 1.165) is 55.7 Å². The molecule has 8 aromatic rings. The van der Waals surface area contributed by atoms with Crippen molar-refractivity contribution in [3.05, 3.63) is 299 Å². The van der Waals surface area contributed by atoms with Crippen molar-refractivity contribution in [2.75, 3.05) is 7.05 Å². The Morgan fingerprint density at radius 2 is 0.652 bits per heavy atom. The highest BCUT2D eigenvalue weighted by atomic mass is 16.5. The van der Waals surface area contributed by atoms with Gasteiger partial charge < -0.3 is 9.47 Å². The van der Waals surface area contributed by atoms with E-state index in [0.29, 0.717) is 11.5 Å². The number of hydrogen-bond acceptors (Lipinski definition) is 5. The zero-order valence-corrected chi connectivity index (χ0v) is 36.5. The second kappa shape index (κ2) is 16.9. The first-order valence-electron chi connectivity index (χ1n) is 22.6. The van der Waals surface area contributed by atoms with Crippen LogP contribution in [0.3, 0.4) is 0 Å². The predicted octanol–water partition coefficient (Wildman–Crippen LogP) is 11.9. The number of likely N-dealkylation sites (tertiary alicyclic amines) is 1. The summed E-state index contributed by atoms with van der Waals surface area (Å²) >= 11 is 0. The number of cyclic esters (lactones) is 2. The maximum atomic E-state index is 16.4. The Morgan fingerprint density at radius 1 is 0.379 bits per heavy atom. The fourth-order valence-corrected chi connectivity index (χ4v) is 11.6. The van der Waals surface area contributed by atoms with Crippen LogP contribution in [0.15, 0.2) is 254 Å². The van der Waals surface area contributed by atoms with Gasteiger partial charge in [0.2, 0.25) is 0 Å². The van der Waals surface area contributed by atoms with Crippen LogP contribution in [0.25, 0.3) is 11.1 Å². The van der Waals surface area contributed by atoms with Gasteiger partial charge in [-0.15, -0.1) is 0 Å². The Labute approximate surface area is 385 Å². The summed E-state index contributed by atoms with van der Waals surface area (Å²) < 4.78 is 14.5. The lowest BCUT2D eigenvalue weighted by Crippen LogP contribution is -2.60. The number of rotatable bonds is 8. The minimum absolute atomic E-state index is 0.389. The molecular formula is C61H47NO4. The second-order valence-corrected chi connectivity index (χ2v) is 17.4. The summed E-state index contributed by atoms with van der Waals surface area (Å²) in [6.45, 7) is 0. The fourth-order valence-electron chi connectivity index (χ4n) is 11.6. The molecule has 4 unspecified atom stereocenters. The van der Waals surface area contributed by atoms with Crippen LogP contribution in [-0.4, -0.2) is 36.0 Å². The monoisotopic (exact) mass is 857 g/mol. The van der Waals surface area contributed by atoms with E-state index in [9.17, 15) is 0 Å². The Morgan fingerprint density at radius 3 is 1.00 bits per heavy atom. The summed E-state index contributed by atoms with van der Waals surface area (Å²) in [4.78, 5) is 35.0. The van der Waals surface area contributed by atoms with Gasteiger partial charge in [0.05, 0.1) is 6.04 Å². The number of hydrogen-bond donors (Lipinski definition) is 0. The van der Waals surface area contributed by atoms with E-state index in [2.05, 4.69) is 84.7 Å². The number of ether oxygens (including phenoxy) is 2. The molecule has 5 heteroatoms. The van der Waals surface area contributed by atoms with Crippen LogP contribution < -0.4 is 0 Å². The van der Waals surface area contributed by atoms with Crippen LogP contribution in [0.4, 0.5) is 0 Å². The summed E-state index contributed by atoms with van der Waals surface area (Å²) in [5.74, 6) is -0.963. The smallest absolute Gasteiger partial charge is 0.327 e. The number of carbonyl (C=O) groups is 2. The molecule has 66 heavy (non-hydrogen) atoms. The molecule has 0 aliphatic carbocycles. The van der Waals surface area contributed by atoms with Gasteiger partial charge in [-0.2, -0.15) is 0 Å². The average Bonchev–Trinajstić information content (AvgIpc) is 3.70. The lowest BCUT2D eigenvalue weighted by atomic mass is 9.54. The molecule has 11 rings (SSSR count). The molecule has 320 valence electrons. The second-order valence-electron chi connectivity index (χ2n) is 17.4. The zero-order valence-electron chi connectivity index (χ0n) is 36.5. The molecule has 4 atom stereocenters. The number of carbonyl (C=O) groups excluding carboxylic acids is 2. The molecule has 3 fully saturated rings. The molecule has 3 aliphatic heterocycles. The predicted molar refractivity (Wildman–Crippen MR) is 260 cm³/mol. The molecular weight excluding hydrogens is 811 g/mol. The van der Waals surface area contributed by atoms with E-state index in [-0.39, 0.29) is 5.97 Å². The molecule has 0 bridgehead atoms. The van der Waals surface area contributed by atoms with Gasteiger partial charge in [-0.05, 0) is 51.6 Å². The van der Waals surface area contributed by atoms with E-state index < -0.39 is 40.7 Å². The highest BCUT2D eigenvalue weighted by molar-refractivity contribution is 5.97. The molecule has 3 heterocycles. The van der Waals surface area contributed by atoms with E-state index in [1.54, 1.807) is 0 Å². The molecule has 3 saturated heterocycles. The Kier molecular flexibility index (Phi) is 10.5. The minimum Gasteiger partial charge on any atom is -0.429 e. The molecule has 0 radical (unpaired) electrons. The third-order valence-corrected chi connectivity index (χ3v) is 14.2. The highest BCUT2D eigenvalue weighted by Gasteiger charge is 2.74. The Balaban J connectivity index is 1.35. The van der Waals surface area contributed by atoms with E-state index >= 15 is 9.59 Å². The van der Waals surface area contributed by atoms with E-state index in [1.807, 2.05) is 170 Å². The first kappa shape index (κ1) is 40.9. The minimum atomic E-state index is -1.41. The maximum absolute atomic E-state index is 16.4. The highest BCUT2D eigenvalue weighted by Crippen LogP contribution is 2.65. The molecule has 0 aromatic heterocycles. The van der Waals surface area contributed by atoms with Crippen LogP contribution in [0.1, 0.15) is 44.5 Å². The summed E-state index contributed by atoms with van der Waals surface area (Å²) in [5.41, 5.74) is 5.65. The van der Waals surface area contributed by atoms with Crippen molar-refractivity contribution in [2.24, 2.45) is 11.8 Å². The van der Waals surface area contributed by atoms with Gasteiger partial charge in [0.1, 0.15) is 22.3 Å². The lowest BCUT2D eigenvalue weighted by molar-refractivity contribution is -0.155. The van der Waals surface area contributed by atoms with Crippen molar-refractivity contribution in [2.45, 2.75) is 22.9 Å². The number of nitrogens with zero attached hydrogens (tertiary/aromatic N) is 1. The average molecular weight is 858 g/mol. The maximum Gasteiger partial charge on any atom is 0.327 e. The van der Waals surface area contributed by atoms with Crippen LogP contribution in [0.2, 0.25) is 0 Å². The van der Waals surface area contributed by atoms with Gasteiger partial charge in [-0.25, -0.2) is 0 Å². The van der Waals surface area contributed by atoms with Crippen LogP contribution >= 0.6 is 0 Å². The summed E-state index contributed by atoms with van der Waals surface area (Å²) in [6.07, 6.45) is 0. The molecule has 5 nitrogen and oxygen atoms in total. The summed E-state index contributed by atoms with van der Waals surface area (Å²) in [6, 6.07) is 79.9. The molecule has 3 aliphatic rings. The quantitative estimate of drug-likeness (QED) is 0.143. The van der Waals surface area contributed by atoms with Gasteiger partial charge in [0.15, 0.2) is 0 Å². The van der Waals surface area contributed by atoms with Crippen LogP contribution in [-0.2, 0) is 29.9 Å². The number of likely N-dealkylation sites (N-methyl/N-ethyl adjacent to an activating group) is 1. The van der Waals surface area contributed by atoms with Crippen molar-refractivity contribution >= 4 is 23.1 Å². The fraction of sp³-hybridized carbons (Fsp3) is 0.115.